The number of halogens is 3. The van der Waals surface area contributed by atoms with Crippen LogP contribution in [0.25, 0.3) is 0 Å². The molecule has 0 aliphatic carbocycles. The molecule has 12 heteroatoms. The second-order valence-electron chi connectivity index (χ2n) is 7.85. The third-order valence-corrected chi connectivity index (χ3v) is 5.50. The highest BCUT2D eigenvalue weighted by Gasteiger charge is 2.33. The number of hydrogen-bond acceptors (Lipinski definition) is 7. The highest BCUT2D eigenvalue weighted by molar-refractivity contribution is 6.27. The Morgan fingerprint density at radius 3 is 1.72 bits per heavy atom. The SMILES string of the molecule is COc1cc(CN2CCN(Cc3ccccc3C(F)(F)F)CC2)cc(OC)c1OC.O=C(O)C(=O)O. The molecule has 0 saturated carbocycles. The molecule has 1 fully saturated rings. The number of rotatable bonds is 7. The van der Waals surface area contributed by atoms with E-state index >= 15 is 0 Å². The zero-order valence-electron chi connectivity index (χ0n) is 20.2. The van der Waals surface area contributed by atoms with Crippen LogP contribution in [-0.4, -0.2) is 79.5 Å². The third kappa shape index (κ3) is 8.02. The number of nitrogens with zero attached hydrogens (tertiary/aromatic N) is 2. The van der Waals surface area contributed by atoms with Crippen molar-refractivity contribution in [3.05, 3.63) is 53.1 Å². The number of alkyl halides is 3. The van der Waals surface area contributed by atoms with Gasteiger partial charge in [-0.2, -0.15) is 13.2 Å². The predicted molar refractivity (Wildman–Crippen MR) is 123 cm³/mol. The van der Waals surface area contributed by atoms with E-state index in [2.05, 4.69) is 9.80 Å². The molecule has 36 heavy (non-hydrogen) atoms. The molecule has 1 heterocycles. The van der Waals surface area contributed by atoms with Crippen LogP contribution in [0.15, 0.2) is 36.4 Å². The van der Waals surface area contributed by atoms with E-state index in [-0.39, 0.29) is 0 Å². The molecule has 0 radical (unpaired) electrons. The molecule has 2 aromatic carbocycles. The molecule has 1 aliphatic rings. The molecular formula is C24H29F3N2O7. The van der Waals surface area contributed by atoms with Gasteiger partial charge in [0.25, 0.3) is 0 Å². The second-order valence-corrected chi connectivity index (χ2v) is 7.85. The van der Waals surface area contributed by atoms with Crippen molar-refractivity contribution < 1.29 is 47.2 Å². The summed E-state index contributed by atoms with van der Waals surface area (Å²) in [7, 11) is 4.73. The average molecular weight is 514 g/mol. The van der Waals surface area contributed by atoms with Gasteiger partial charge in [-0.3, -0.25) is 9.80 Å². The Bertz CT molecular complexity index is 1000. The van der Waals surface area contributed by atoms with Crippen LogP contribution >= 0.6 is 0 Å². The van der Waals surface area contributed by atoms with Crippen molar-refractivity contribution in [1.29, 1.82) is 0 Å². The monoisotopic (exact) mass is 514 g/mol. The standard InChI is InChI=1S/C22H27F3N2O3.C2H2O4/c1-28-19-12-16(13-20(29-2)21(19)30-3)14-26-8-10-27(11-9-26)15-17-6-4-5-7-18(17)22(23,24)25;3-1(4)2(5)6/h4-7,12-13H,8-11,14-15H2,1-3H3;(H,3,4)(H,5,6). The normalized spacial score (nSPS) is 14.4. The fraction of sp³-hybridized carbons (Fsp3) is 0.417. The average Bonchev–Trinajstić information content (AvgIpc) is 2.84. The Morgan fingerprint density at radius 2 is 1.31 bits per heavy atom. The third-order valence-electron chi connectivity index (χ3n) is 5.50. The van der Waals surface area contributed by atoms with Crippen molar-refractivity contribution in [2.45, 2.75) is 19.3 Å². The lowest BCUT2D eigenvalue weighted by Crippen LogP contribution is -2.45. The van der Waals surface area contributed by atoms with Crippen molar-refractivity contribution in [2.75, 3.05) is 47.5 Å². The van der Waals surface area contributed by atoms with E-state index in [9.17, 15) is 13.2 Å². The van der Waals surface area contributed by atoms with Gasteiger partial charge in [-0.25, -0.2) is 9.59 Å². The molecule has 1 aliphatic heterocycles. The topological polar surface area (TPSA) is 109 Å². The number of benzene rings is 2. The molecule has 0 unspecified atom stereocenters. The molecule has 1 saturated heterocycles. The predicted octanol–water partition coefficient (Wildman–Crippen LogP) is 3.20. The molecule has 198 valence electrons. The van der Waals surface area contributed by atoms with Crippen molar-refractivity contribution in [1.82, 2.24) is 9.80 Å². The van der Waals surface area contributed by atoms with Gasteiger partial charge < -0.3 is 24.4 Å². The van der Waals surface area contributed by atoms with Gasteiger partial charge in [0.2, 0.25) is 5.75 Å². The first kappa shape index (κ1) is 28.7. The number of methoxy groups -OCH3 is 3. The summed E-state index contributed by atoms with van der Waals surface area (Å²) in [6.07, 6.45) is -4.33. The van der Waals surface area contributed by atoms with Gasteiger partial charge in [-0.15, -0.1) is 0 Å². The van der Waals surface area contributed by atoms with Crippen LogP contribution in [0.5, 0.6) is 17.2 Å². The summed E-state index contributed by atoms with van der Waals surface area (Å²) in [5, 5.41) is 14.8. The largest absolute Gasteiger partial charge is 0.493 e. The van der Waals surface area contributed by atoms with Gasteiger partial charge in [-0.1, -0.05) is 18.2 Å². The number of aliphatic carboxylic acids is 2. The lowest BCUT2D eigenvalue weighted by molar-refractivity contribution is -0.159. The number of ether oxygens (including phenoxy) is 3. The molecule has 3 rings (SSSR count). The molecule has 0 bridgehead atoms. The minimum absolute atomic E-state index is 0.299. The molecule has 0 amide bonds. The molecular weight excluding hydrogens is 485 g/mol. The maximum atomic E-state index is 13.2. The Hall–Kier alpha value is -3.51. The first-order valence-corrected chi connectivity index (χ1v) is 10.8. The first-order valence-electron chi connectivity index (χ1n) is 10.8. The fourth-order valence-electron chi connectivity index (χ4n) is 3.77. The molecule has 2 N–H and O–H groups in total. The number of carboxylic acids is 2. The zero-order chi connectivity index (χ0) is 26.9. The van der Waals surface area contributed by atoms with Gasteiger partial charge in [0.05, 0.1) is 26.9 Å². The van der Waals surface area contributed by atoms with Crippen LogP contribution in [0.1, 0.15) is 16.7 Å². The smallest absolute Gasteiger partial charge is 0.416 e. The van der Waals surface area contributed by atoms with Crippen LogP contribution < -0.4 is 14.2 Å². The van der Waals surface area contributed by atoms with Crippen molar-refractivity contribution in [3.8, 4) is 17.2 Å². The summed E-state index contributed by atoms with van der Waals surface area (Å²) in [6, 6.07) is 9.65. The summed E-state index contributed by atoms with van der Waals surface area (Å²) >= 11 is 0. The molecule has 0 atom stereocenters. The van der Waals surface area contributed by atoms with Crippen molar-refractivity contribution in [3.63, 3.8) is 0 Å². The summed E-state index contributed by atoms with van der Waals surface area (Å²) in [6.45, 7) is 3.94. The van der Waals surface area contributed by atoms with E-state index in [1.165, 1.54) is 6.07 Å². The number of carboxylic acid groups (broad SMARTS) is 2. The van der Waals surface area contributed by atoms with E-state index in [4.69, 9.17) is 34.0 Å². The van der Waals surface area contributed by atoms with E-state index in [0.29, 0.717) is 49.0 Å². The number of hydrogen-bond donors (Lipinski definition) is 2. The lowest BCUT2D eigenvalue weighted by Gasteiger charge is -2.35. The van der Waals surface area contributed by atoms with Gasteiger partial charge >= 0.3 is 18.1 Å². The van der Waals surface area contributed by atoms with Gasteiger partial charge in [0, 0.05) is 39.3 Å². The van der Waals surface area contributed by atoms with Crippen LogP contribution in [0.4, 0.5) is 13.2 Å². The Kier molecular flexibility index (Phi) is 10.4. The Morgan fingerprint density at radius 1 is 0.833 bits per heavy atom. The molecule has 0 spiro atoms. The van der Waals surface area contributed by atoms with E-state index < -0.39 is 23.7 Å². The highest BCUT2D eigenvalue weighted by atomic mass is 19.4. The summed E-state index contributed by atoms with van der Waals surface area (Å²) < 4.78 is 55.9. The van der Waals surface area contributed by atoms with E-state index in [0.717, 1.165) is 24.7 Å². The molecule has 2 aromatic rings. The van der Waals surface area contributed by atoms with Crippen LogP contribution in [0.3, 0.4) is 0 Å². The van der Waals surface area contributed by atoms with E-state index in [1.54, 1.807) is 33.5 Å². The Labute approximate surface area is 206 Å². The van der Waals surface area contributed by atoms with Gasteiger partial charge in [-0.05, 0) is 29.3 Å². The lowest BCUT2D eigenvalue weighted by atomic mass is 10.1. The van der Waals surface area contributed by atoms with Crippen LogP contribution in [0.2, 0.25) is 0 Å². The van der Waals surface area contributed by atoms with E-state index in [1.807, 2.05) is 12.1 Å². The second kappa shape index (κ2) is 13.0. The maximum Gasteiger partial charge on any atom is 0.416 e. The minimum Gasteiger partial charge on any atom is -0.493 e. The highest BCUT2D eigenvalue weighted by Crippen LogP contribution is 2.38. The minimum atomic E-state index is -4.33. The summed E-state index contributed by atoms with van der Waals surface area (Å²) in [5.41, 5.74) is 0.799. The quantitative estimate of drug-likeness (QED) is 0.539. The van der Waals surface area contributed by atoms with Gasteiger partial charge in [0.1, 0.15) is 0 Å². The fourth-order valence-corrected chi connectivity index (χ4v) is 3.77. The Balaban J connectivity index is 0.000000678. The summed E-state index contributed by atoms with van der Waals surface area (Å²) in [4.78, 5) is 22.5. The van der Waals surface area contributed by atoms with Crippen LogP contribution in [-0.2, 0) is 28.9 Å². The van der Waals surface area contributed by atoms with Gasteiger partial charge in [0.15, 0.2) is 11.5 Å². The number of carbonyl (C=O) groups is 2. The summed E-state index contributed by atoms with van der Waals surface area (Å²) in [5.74, 6) is -1.88. The van der Waals surface area contributed by atoms with Crippen LogP contribution in [0, 0.1) is 0 Å². The molecule has 9 nitrogen and oxygen atoms in total. The number of piperazine rings is 1. The van der Waals surface area contributed by atoms with Crippen molar-refractivity contribution >= 4 is 11.9 Å². The maximum absolute atomic E-state index is 13.2. The molecule has 0 aromatic heterocycles. The first-order chi connectivity index (χ1) is 17.0. The van der Waals surface area contributed by atoms with Crippen molar-refractivity contribution in [2.24, 2.45) is 0 Å². The zero-order valence-corrected chi connectivity index (χ0v) is 20.2.